The van der Waals surface area contributed by atoms with E-state index in [0.29, 0.717) is 11.0 Å². The minimum Gasteiger partial charge on any atom is -0.545 e. The minimum absolute atomic E-state index is 0.119. The van der Waals surface area contributed by atoms with Crippen molar-refractivity contribution in [2.45, 2.75) is 0 Å². The Morgan fingerprint density at radius 3 is 3.08 bits per heavy atom. The van der Waals surface area contributed by atoms with E-state index >= 15 is 0 Å². The molecule has 0 aliphatic heterocycles. The highest BCUT2D eigenvalue weighted by molar-refractivity contribution is 5.99. The van der Waals surface area contributed by atoms with Crippen molar-refractivity contribution < 1.29 is 9.90 Å². The van der Waals surface area contributed by atoms with Crippen molar-refractivity contribution >= 4 is 17.0 Å². The molecule has 12 heavy (non-hydrogen) atoms. The average molecular weight is 161 g/mol. The Morgan fingerprint density at radius 2 is 2.33 bits per heavy atom. The molecule has 0 spiro atoms. The summed E-state index contributed by atoms with van der Waals surface area (Å²) in [6.45, 7) is 0. The Morgan fingerprint density at radius 1 is 1.50 bits per heavy atom. The van der Waals surface area contributed by atoms with Crippen LogP contribution < -0.4 is 5.11 Å². The predicted octanol–water partition coefficient (Wildman–Crippen LogP) is -0.0736. The zero-order valence-electron chi connectivity index (χ0n) is 6.07. The van der Waals surface area contributed by atoms with Gasteiger partial charge in [-0.3, -0.25) is 0 Å². The highest BCUT2D eigenvalue weighted by Gasteiger charge is 2.02. The molecular formula is C8H5N2O2-. The van der Waals surface area contributed by atoms with Gasteiger partial charge in [0.2, 0.25) is 0 Å². The highest BCUT2D eigenvalue weighted by atomic mass is 16.4. The van der Waals surface area contributed by atoms with Gasteiger partial charge in [-0.05, 0) is 6.07 Å². The summed E-state index contributed by atoms with van der Waals surface area (Å²) >= 11 is 0. The number of benzene rings is 1. The summed E-state index contributed by atoms with van der Waals surface area (Å²) in [5, 5.41) is 10.5. The Kier molecular flexibility index (Phi) is 1.33. The molecule has 0 radical (unpaired) electrons. The number of carbonyl (C=O) groups excluding carboxylic acids is 1. The first kappa shape index (κ1) is 6.84. The van der Waals surface area contributed by atoms with E-state index in [0.717, 1.165) is 0 Å². The van der Waals surface area contributed by atoms with Crippen LogP contribution in [0.15, 0.2) is 24.5 Å². The minimum atomic E-state index is -1.20. The van der Waals surface area contributed by atoms with Crippen LogP contribution in [0.25, 0.3) is 11.0 Å². The second kappa shape index (κ2) is 2.34. The molecule has 0 bridgehead atoms. The number of carbonyl (C=O) groups is 1. The van der Waals surface area contributed by atoms with Crippen LogP contribution in [0, 0.1) is 0 Å². The number of rotatable bonds is 1. The Hall–Kier alpha value is -1.84. The number of aromatic carboxylic acids is 1. The summed E-state index contributed by atoms with van der Waals surface area (Å²) < 4.78 is 0. The predicted molar refractivity (Wildman–Crippen MR) is 40.4 cm³/mol. The lowest BCUT2D eigenvalue weighted by atomic mass is 10.2. The van der Waals surface area contributed by atoms with Crippen LogP contribution in [-0.2, 0) is 0 Å². The fourth-order valence-electron chi connectivity index (χ4n) is 1.13. The van der Waals surface area contributed by atoms with E-state index in [1.54, 1.807) is 12.1 Å². The van der Waals surface area contributed by atoms with Crippen LogP contribution in [0.1, 0.15) is 10.4 Å². The first-order valence-electron chi connectivity index (χ1n) is 3.42. The van der Waals surface area contributed by atoms with Crippen molar-refractivity contribution in [2.24, 2.45) is 0 Å². The van der Waals surface area contributed by atoms with Gasteiger partial charge in [-0.1, -0.05) is 12.1 Å². The summed E-state index contributed by atoms with van der Waals surface area (Å²) in [5.74, 6) is -1.20. The molecule has 2 rings (SSSR count). The molecule has 1 aromatic heterocycles. The van der Waals surface area contributed by atoms with Gasteiger partial charge in [0.05, 0.1) is 23.3 Å². The van der Waals surface area contributed by atoms with E-state index < -0.39 is 5.97 Å². The standard InChI is InChI=1S/C8H6N2O2/c11-8(12)5-2-1-3-6-7(5)10-4-9-6/h1-4H,(H,9,10)(H,11,12)/p-1. The molecule has 4 heteroatoms. The molecule has 0 atom stereocenters. The number of nitrogens with zero attached hydrogens (tertiary/aromatic N) is 1. The molecule has 0 fully saturated rings. The molecule has 0 unspecified atom stereocenters. The Labute approximate surface area is 67.9 Å². The molecule has 1 heterocycles. The zero-order valence-corrected chi connectivity index (χ0v) is 6.07. The summed E-state index contributed by atoms with van der Waals surface area (Å²) in [6, 6.07) is 4.87. The van der Waals surface area contributed by atoms with Crippen molar-refractivity contribution in [3.05, 3.63) is 30.1 Å². The molecule has 0 aliphatic carbocycles. The number of carboxylic acid groups (broad SMARTS) is 1. The summed E-state index contributed by atoms with van der Waals surface area (Å²) in [7, 11) is 0. The fraction of sp³-hybridized carbons (Fsp3) is 0. The van der Waals surface area contributed by atoms with Gasteiger partial charge < -0.3 is 14.9 Å². The number of aromatic amines is 1. The van der Waals surface area contributed by atoms with E-state index in [9.17, 15) is 9.90 Å². The number of nitrogens with one attached hydrogen (secondary N) is 1. The van der Waals surface area contributed by atoms with E-state index in [2.05, 4.69) is 9.97 Å². The third-order valence-corrected chi connectivity index (χ3v) is 1.67. The number of carboxylic acids is 1. The van der Waals surface area contributed by atoms with Gasteiger partial charge in [0, 0.05) is 5.56 Å². The number of H-pyrrole nitrogens is 1. The third-order valence-electron chi connectivity index (χ3n) is 1.67. The number of fused-ring (bicyclic) bond motifs is 1. The molecular weight excluding hydrogens is 156 g/mol. The largest absolute Gasteiger partial charge is 0.545 e. The second-order valence-corrected chi connectivity index (χ2v) is 2.39. The van der Waals surface area contributed by atoms with Crippen molar-refractivity contribution in [3.63, 3.8) is 0 Å². The smallest absolute Gasteiger partial charge is 0.0973 e. The average Bonchev–Trinajstić information content (AvgIpc) is 2.49. The second-order valence-electron chi connectivity index (χ2n) is 2.39. The molecule has 0 saturated heterocycles. The number of hydrogen-bond acceptors (Lipinski definition) is 3. The fourth-order valence-corrected chi connectivity index (χ4v) is 1.13. The lowest BCUT2D eigenvalue weighted by Gasteiger charge is -2.01. The maximum atomic E-state index is 10.5. The monoisotopic (exact) mass is 161 g/mol. The van der Waals surface area contributed by atoms with Gasteiger partial charge in [0.1, 0.15) is 0 Å². The number of aromatic nitrogens is 2. The topological polar surface area (TPSA) is 68.8 Å². The number of hydrogen-bond donors (Lipinski definition) is 1. The van der Waals surface area contributed by atoms with Crippen LogP contribution in [0.2, 0.25) is 0 Å². The molecule has 0 amide bonds. The normalized spacial score (nSPS) is 10.3. The first-order chi connectivity index (χ1) is 5.79. The third kappa shape index (κ3) is 0.852. The lowest BCUT2D eigenvalue weighted by Crippen LogP contribution is -2.22. The Balaban J connectivity index is 2.82. The maximum Gasteiger partial charge on any atom is 0.0973 e. The quantitative estimate of drug-likeness (QED) is 0.636. The van der Waals surface area contributed by atoms with Crippen LogP contribution >= 0.6 is 0 Å². The molecule has 60 valence electrons. The first-order valence-corrected chi connectivity index (χ1v) is 3.42. The van der Waals surface area contributed by atoms with E-state index in [4.69, 9.17) is 0 Å². The van der Waals surface area contributed by atoms with Crippen molar-refractivity contribution in [1.82, 2.24) is 9.97 Å². The van der Waals surface area contributed by atoms with Crippen molar-refractivity contribution in [1.29, 1.82) is 0 Å². The molecule has 0 aliphatic rings. The number of para-hydroxylation sites is 1. The lowest BCUT2D eigenvalue weighted by molar-refractivity contribution is -0.254. The molecule has 2 aromatic rings. The highest BCUT2D eigenvalue weighted by Crippen LogP contribution is 2.12. The van der Waals surface area contributed by atoms with Crippen LogP contribution in [-0.4, -0.2) is 15.9 Å². The van der Waals surface area contributed by atoms with Crippen LogP contribution in [0.4, 0.5) is 0 Å². The summed E-state index contributed by atoms with van der Waals surface area (Å²) in [6.07, 6.45) is 1.46. The van der Waals surface area contributed by atoms with E-state index in [1.807, 2.05) is 0 Å². The molecule has 1 N–H and O–H groups in total. The van der Waals surface area contributed by atoms with Crippen molar-refractivity contribution in [2.75, 3.05) is 0 Å². The van der Waals surface area contributed by atoms with Gasteiger partial charge in [0.25, 0.3) is 0 Å². The molecule has 4 nitrogen and oxygen atoms in total. The van der Waals surface area contributed by atoms with Gasteiger partial charge in [0.15, 0.2) is 0 Å². The SMILES string of the molecule is O=C([O-])c1cccc2[nH]cnc12. The molecule has 0 saturated carbocycles. The van der Waals surface area contributed by atoms with Gasteiger partial charge >= 0.3 is 0 Å². The summed E-state index contributed by atoms with van der Waals surface area (Å²) in [5.41, 5.74) is 1.27. The van der Waals surface area contributed by atoms with Gasteiger partial charge in [-0.2, -0.15) is 0 Å². The van der Waals surface area contributed by atoms with Crippen LogP contribution in [0.5, 0.6) is 0 Å². The zero-order chi connectivity index (χ0) is 8.55. The van der Waals surface area contributed by atoms with Gasteiger partial charge in [-0.15, -0.1) is 0 Å². The molecule has 1 aromatic carbocycles. The van der Waals surface area contributed by atoms with Gasteiger partial charge in [-0.25, -0.2) is 4.98 Å². The maximum absolute atomic E-state index is 10.5. The van der Waals surface area contributed by atoms with E-state index in [1.165, 1.54) is 12.4 Å². The summed E-state index contributed by atoms with van der Waals surface area (Å²) in [4.78, 5) is 17.2. The Bertz CT molecular complexity index is 433. The van der Waals surface area contributed by atoms with Crippen molar-refractivity contribution in [3.8, 4) is 0 Å². The van der Waals surface area contributed by atoms with Crippen LogP contribution in [0.3, 0.4) is 0 Å². The number of imidazole rings is 1. The van der Waals surface area contributed by atoms with E-state index in [-0.39, 0.29) is 5.56 Å².